The Morgan fingerprint density at radius 1 is 1.50 bits per heavy atom. The Morgan fingerprint density at radius 2 is 2.12 bits per heavy atom. The van der Waals surface area contributed by atoms with Gasteiger partial charge in [0.15, 0.2) is 0 Å². The molecule has 82 valence electrons. The maximum Gasteiger partial charge on any atom is 0.277 e. The third-order valence-corrected chi connectivity index (χ3v) is 1.90. The molecule has 1 rings (SSSR count). The molecule has 5 nitrogen and oxygen atoms in total. The smallest absolute Gasteiger partial charge is 0.277 e. The standard InChI is InChI=1S/C11H11N3O2/c1-13(2)8-9(7-12)10-5-3-4-6-11(10)14(15)16/h3-6,8H,1-2H3/b9-8+. The molecular weight excluding hydrogens is 206 g/mol. The lowest BCUT2D eigenvalue weighted by atomic mass is 10.1. The second-order valence-corrected chi connectivity index (χ2v) is 3.39. The average molecular weight is 217 g/mol. The molecular formula is C11H11N3O2. The van der Waals surface area contributed by atoms with Gasteiger partial charge >= 0.3 is 0 Å². The van der Waals surface area contributed by atoms with Crippen LogP contribution in [0.5, 0.6) is 0 Å². The van der Waals surface area contributed by atoms with Gasteiger partial charge in [-0.2, -0.15) is 5.26 Å². The molecule has 0 saturated carbocycles. The third-order valence-electron chi connectivity index (χ3n) is 1.90. The molecule has 1 aromatic rings. The van der Waals surface area contributed by atoms with Crippen LogP contribution < -0.4 is 0 Å². The molecule has 0 atom stereocenters. The maximum absolute atomic E-state index is 10.8. The van der Waals surface area contributed by atoms with Crippen molar-refractivity contribution in [2.24, 2.45) is 0 Å². The van der Waals surface area contributed by atoms with E-state index in [9.17, 15) is 10.1 Å². The van der Waals surface area contributed by atoms with Crippen LogP contribution in [0.15, 0.2) is 30.5 Å². The minimum absolute atomic E-state index is 0.0582. The monoisotopic (exact) mass is 217 g/mol. The number of hydrogen-bond acceptors (Lipinski definition) is 4. The van der Waals surface area contributed by atoms with E-state index in [-0.39, 0.29) is 11.3 Å². The van der Waals surface area contributed by atoms with Crippen molar-refractivity contribution in [1.82, 2.24) is 4.90 Å². The molecule has 0 heterocycles. The van der Waals surface area contributed by atoms with E-state index < -0.39 is 4.92 Å². The summed E-state index contributed by atoms with van der Waals surface area (Å²) in [5.41, 5.74) is 0.554. The molecule has 0 spiro atoms. The summed E-state index contributed by atoms with van der Waals surface area (Å²) in [4.78, 5) is 12.0. The molecule has 16 heavy (non-hydrogen) atoms. The highest BCUT2D eigenvalue weighted by Crippen LogP contribution is 2.25. The lowest BCUT2D eigenvalue weighted by Crippen LogP contribution is -2.03. The molecule has 0 aromatic heterocycles. The van der Waals surface area contributed by atoms with Gasteiger partial charge in [-0.25, -0.2) is 0 Å². The Hall–Kier alpha value is -2.35. The van der Waals surface area contributed by atoms with Gasteiger partial charge in [-0.05, 0) is 6.07 Å². The summed E-state index contributed by atoms with van der Waals surface area (Å²) in [5.74, 6) is 0. The van der Waals surface area contributed by atoms with Crippen molar-refractivity contribution in [3.05, 3.63) is 46.1 Å². The highest BCUT2D eigenvalue weighted by molar-refractivity contribution is 5.81. The zero-order valence-electron chi connectivity index (χ0n) is 9.04. The average Bonchev–Trinajstić information content (AvgIpc) is 2.25. The first kappa shape index (κ1) is 11.7. The Bertz CT molecular complexity index is 472. The number of hydrogen-bond donors (Lipinski definition) is 0. The minimum Gasteiger partial charge on any atom is -0.382 e. The van der Waals surface area contributed by atoms with Crippen LogP contribution in [-0.2, 0) is 0 Å². The summed E-state index contributed by atoms with van der Waals surface area (Å²) in [6, 6.07) is 8.16. The van der Waals surface area contributed by atoms with Crippen molar-refractivity contribution in [2.75, 3.05) is 14.1 Å². The van der Waals surface area contributed by atoms with Gasteiger partial charge < -0.3 is 4.90 Å². The van der Waals surface area contributed by atoms with Crippen LogP contribution in [-0.4, -0.2) is 23.9 Å². The first-order chi connectivity index (χ1) is 7.56. The van der Waals surface area contributed by atoms with Gasteiger partial charge in [0.05, 0.1) is 16.1 Å². The molecule has 0 bridgehead atoms. The Labute approximate surface area is 93.4 Å². The van der Waals surface area contributed by atoms with Crippen molar-refractivity contribution < 1.29 is 4.92 Å². The van der Waals surface area contributed by atoms with Crippen LogP contribution >= 0.6 is 0 Å². The van der Waals surface area contributed by atoms with Crippen LogP contribution in [0.25, 0.3) is 5.57 Å². The molecule has 5 heteroatoms. The lowest BCUT2D eigenvalue weighted by Gasteiger charge is -2.06. The van der Waals surface area contributed by atoms with E-state index in [1.54, 1.807) is 43.4 Å². The number of nitro benzene ring substituents is 1. The lowest BCUT2D eigenvalue weighted by molar-refractivity contribution is -0.385. The van der Waals surface area contributed by atoms with Gasteiger partial charge in [0.1, 0.15) is 6.07 Å². The predicted octanol–water partition coefficient (Wildman–Crippen LogP) is 2.02. The number of benzene rings is 1. The number of nitriles is 1. The number of allylic oxidation sites excluding steroid dienone is 1. The normalized spacial score (nSPS) is 10.7. The van der Waals surface area contributed by atoms with Crippen LogP contribution in [0.4, 0.5) is 5.69 Å². The fourth-order valence-electron chi connectivity index (χ4n) is 1.28. The molecule has 0 aliphatic rings. The highest BCUT2D eigenvalue weighted by atomic mass is 16.6. The van der Waals surface area contributed by atoms with Crippen molar-refractivity contribution in [2.45, 2.75) is 0 Å². The van der Waals surface area contributed by atoms with Crippen LogP contribution in [0.1, 0.15) is 5.56 Å². The van der Waals surface area contributed by atoms with E-state index in [1.165, 1.54) is 6.07 Å². The fraction of sp³-hybridized carbons (Fsp3) is 0.182. The third kappa shape index (κ3) is 2.58. The minimum atomic E-state index is -0.490. The first-order valence-electron chi connectivity index (χ1n) is 4.58. The maximum atomic E-state index is 10.8. The van der Waals surface area contributed by atoms with Gasteiger partial charge in [0, 0.05) is 26.4 Å². The molecule has 0 saturated heterocycles. The SMILES string of the molecule is CN(C)/C=C(\C#N)c1ccccc1[N+](=O)[O-]. The van der Waals surface area contributed by atoms with Crippen molar-refractivity contribution >= 4 is 11.3 Å². The van der Waals surface area contributed by atoms with E-state index in [0.717, 1.165) is 0 Å². The highest BCUT2D eigenvalue weighted by Gasteiger charge is 2.15. The number of rotatable bonds is 3. The summed E-state index contributed by atoms with van der Waals surface area (Å²) >= 11 is 0. The van der Waals surface area contributed by atoms with E-state index in [4.69, 9.17) is 5.26 Å². The van der Waals surface area contributed by atoms with E-state index in [2.05, 4.69) is 0 Å². The number of para-hydroxylation sites is 1. The molecule has 0 amide bonds. The van der Waals surface area contributed by atoms with Crippen LogP contribution in [0.2, 0.25) is 0 Å². The second-order valence-electron chi connectivity index (χ2n) is 3.39. The van der Waals surface area contributed by atoms with Crippen LogP contribution in [0.3, 0.4) is 0 Å². The Morgan fingerprint density at radius 3 is 2.62 bits per heavy atom. The Balaban J connectivity index is 3.32. The zero-order valence-corrected chi connectivity index (χ0v) is 9.04. The molecule has 0 N–H and O–H groups in total. The number of nitro groups is 1. The van der Waals surface area contributed by atoms with Crippen LogP contribution in [0, 0.1) is 21.4 Å². The van der Waals surface area contributed by atoms with Gasteiger partial charge in [0.25, 0.3) is 5.69 Å². The second kappa shape index (κ2) is 4.94. The summed E-state index contributed by atoms with van der Waals surface area (Å²) in [5, 5.41) is 19.8. The molecule has 0 aliphatic carbocycles. The first-order valence-corrected chi connectivity index (χ1v) is 4.58. The topological polar surface area (TPSA) is 70.2 Å². The van der Waals surface area contributed by atoms with Crippen molar-refractivity contribution in [3.63, 3.8) is 0 Å². The zero-order chi connectivity index (χ0) is 12.1. The van der Waals surface area contributed by atoms with Gasteiger partial charge in [-0.15, -0.1) is 0 Å². The molecule has 0 fully saturated rings. The Kier molecular flexibility index (Phi) is 3.62. The molecule has 1 aromatic carbocycles. The van der Waals surface area contributed by atoms with E-state index in [1.807, 2.05) is 6.07 Å². The van der Waals surface area contributed by atoms with E-state index in [0.29, 0.717) is 5.56 Å². The van der Waals surface area contributed by atoms with E-state index >= 15 is 0 Å². The predicted molar refractivity (Wildman–Crippen MR) is 60.4 cm³/mol. The van der Waals surface area contributed by atoms with Crippen molar-refractivity contribution in [3.8, 4) is 6.07 Å². The van der Waals surface area contributed by atoms with Gasteiger partial charge in [-0.1, -0.05) is 12.1 Å². The summed E-state index contributed by atoms with van der Waals surface area (Å²) < 4.78 is 0. The molecule has 0 unspecified atom stereocenters. The largest absolute Gasteiger partial charge is 0.382 e. The number of nitrogens with zero attached hydrogens (tertiary/aromatic N) is 3. The molecule has 0 radical (unpaired) electrons. The fourth-order valence-corrected chi connectivity index (χ4v) is 1.28. The summed E-state index contributed by atoms with van der Waals surface area (Å²) in [7, 11) is 3.51. The molecule has 0 aliphatic heterocycles. The van der Waals surface area contributed by atoms with Gasteiger partial charge in [-0.3, -0.25) is 10.1 Å². The summed E-state index contributed by atoms with van der Waals surface area (Å²) in [6.07, 6.45) is 1.56. The quantitative estimate of drug-likeness (QED) is 0.441. The van der Waals surface area contributed by atoms with Crippen molar-refractivity contribution in [1.29, 1.82) is 5.26 Å². The van der Waals surface area contributed by atoms with Gasteiger partial charge in [0.2, 0.25) is 0 Å². The summed E-state index contributed by atoms with van der Waals surface area (Å²) in [6.45, 7) is 0.